The van der Waals surface area contributed by atoms with Gasteiger partial charge in [-0.2, -0.15) is 13.2 Å². The number of nitrogens with zero attached hydrogens (tertiary/aromatic N) is 1. The van der Waals surface area contributed by atoms with Gasteiger partial charge in [0.15, 0.2) is 0 Å². The molecule has 0 atom stereocenters. The number of nitrogens with one attached hydrogen (secondary N) is 3. The van der Waals surface area contributed by atoms with E-state index in [0.29, 0.717) is 11.3 Å². The minimum absolute atomic E-state index is 0.0732. The molecule has 2 aromatic carbocycles. The molecule has 0 fully saturated rings. The summed E-state index contributed by atoms with van der Waals surface area (Å²) >= 11 is 0. The number of rotatable bonds is 7. The van der Waals surface area contributed by atoms with E-state index in [1.807, 2.05) is 0 Å². The Labute approximate surface area is 192 Å². The van der Waals surface area contributed by atoms with Gasteiger partial charge >= 0.3 is 6.18 Å². The molecule has 3 aromatic rings. The van der Waals surface area contributed by atoms with E-state index >= 15 is 0 Å². The zero-order chi connectivity index (χ0) is 24.9. The van der Waals surface area contributed by atoms with Crippen LogP contribution in [0.25, 0.3) is 0 Å². The summed E-state index contributed by atoms with van der Waals surface area (Å²) in [6.07, 6.45) is -2.30. The molecular formula is C23H21F3N4O4. The molecule has 34 heavy (non-hydrogen) atoms. The van der Waals surface area contributed by atoms with Gasteiger partial charge in [-0.25, -0.2) is 0 Å². The Bertz CT molecular complexity index is 1190. The first-order valence-electron chi connectivity index (χ1n) is 9.95. The Hall–Kier alpha value is -4.28. The highest BCUT2D eigenvalue weighted by molar-refractivity contribution is 6.04. The third-order valence-corrected chi connectivity index (χ3v) is 4.61. The lowest BCUT2D eigenvalue weighted by Crippen LogP contribution is -2.24. The van der Waals surface area contributed by atoms with Crippen LogP contribution in [-0.2, 0) is 11.0 Å². The normalized spacial score (nSPS) is 11.0. The van der Waals surface area contributed by atoms with Gasteiger partial charge in [-0.15, -0.1) is 0 Å². The van der Waals surface area contributed by atoms with Crippen molar-refractivity contribution < 1.29 is 32.0 Å². The number of carbonyl (C=O) groups is 3. The van der Waals surface area contributed by atoms with E-state index in [9.17, 15) is 27.6 Å². The third kappa shape index (κ3) is 6.15. The van der Waals surface area contributed by atoms with Crippen LogP contribution in [0.5, 0.6) is 0 Å². The summed E-state index contributed by atoms with van der Waals surface area (Å²) in [6.45, 7) is -0.463. The average molecular weight is 474 g/mol. The number of hydrogen-bond donors (Lipinski definition) is 3. The van der Waals surface area contributed by atoms with Crippen molar-refractivity contribution in [3.8, 4) is 0 Å². The quantitative estimate of drug-likeness (QED) is 0.474. The van der Waals surface area contributed by atoms with Crippen LogP contribution in [0.2, 0.25) is 0 Å². The second-order valence-corrected chi connectivity index (χ2v) is 7.41. The fraction of sp³-hybridized carbons (Fsp3) is 0.174. The molecule has 11 heteroatoms. The smallest absolute Gasteiger partial charge is 0.418 e. The number of carbonyl (C=O) groups excluding carboxylic acids is 3. The SMILES string of the molecule is CN(C)C(=O)c1cccc(NC(=O)CNc2ccc(NC(=O)c3ccoc3)cc2C(F)(F)F)c1. The highest BCUT2D eigenvalue weighted by Gasteiger charge is 2.34. The third-order valence-electron chi connectivity index (χ3n) is 4.61. The van der Waals surface area contributed by atoms with E-state index in [0.717, 1.165) is 12.1 Å². The Balaban J connectivity index is 1.69. The summed E-state index contributed by atoms with van der Waals surface area (Å²) in [5.74, 6) is -1.50. The van der Waals surface area contributed by atoms with Gasteiger partial charge in [-0.1, -0.05) is 6.07 Å². The lowest BCUT2D eigenvalue weighted by Gasteiger charge is -2.16. The van der Waals surface area contributed by atoms with E-state index in [4.69, 9.17) is 4.42 Å². The number of anilines is 3. The molecule has 0 unspecified atom stereocenters. The molecule has 0 saturated heterocycles. The Morgan fingerprint density at radius 1 is 0.941 bits per heavy atom. The summed E-state index contributed by atoms with van der Waals surface area (Å²) in [6, 6.07) is 10.7. The minimum atomic E-state index is -4.74. The van der Waals surface area contributed by atoms with Crippen molar-refractivity contribution in [3.05, 3.63) is 77.7 Å². The molecule has 0 bridgehead atoms. The van der Waals surface area contributed by atoms with E-state index in [1.165, 1.54) is 35.6 Å². The van der Waals surface area contributed by atoms with Crippen LogP contribution in [0.15, 0.2) is 65.5 Å². The van der Waals surface area contributed by atoms with Crippen LogP contribution in [-0.4, -0.2) is 43.3 Å². The maximum Gasteiger partial charge on any atom is 0.418 e. The Kier molecular flexibility index (Phi) is 7.24. The maximum absolute atomic E-state index is 13.6. The zero-order valence-electron chi connectivity index (χ0n) is 18.2. The van der Waals surface area contributed by atoms with Gasteiger partial charge in [0.05, 0.1) is 23.9 Å². The Morgan fingerprint density at radius 3 is 2.32 bits per heavy atom. The van der Waals surface area contributed by atoms with E-state index in [-0.39, 0.29) is 22.8 Å². The minimum Gasteiger partial charge on any atom is -0.472 e. The molecule has 0 aliphatic heterocycles. The number of hydrogen-bond acceptors (Lipinski definition) is 5. The fourth-order valence-corrected chi connectivity index (χ4v) is 2.98. The Morgan fingerprint density at radius 2 is 1.68 bits per heavy atom. The molecule has 3 N–H and O–H groups in total. The highest BCUT2D eigenvalue weighted by atomic mass is 19.4. The van der Waals surface area contributed by atoms with Gasteiger partial charge in [-0.05, 0) is 42.5 Å². The van der Waals surface area contributed by atoms with Crippen LogP contribution >= 0.6 is 0 Å². The predicted molar refractivity (Wildman–Crippen MR) is 120 cm³/mol. The van der Waals surface area contributed by atoms with Crippen molar-refractivity contribution in [2.24, 2.45) is 0 Å². The van der Waals surface area contributed by atoms with Crippen molar-refractivity contribution in [1.82, 2.24) is 4.90 Å². The topological polar surface area (TPSA) is 104 Å². The lowest BCUT2D eigenvalue weighted by atomic mass is 10.1. The molecular weight excluding hydrogens is 453 g/mol. The summed E-state index contributed by atoms with van der Waals surface area (Å²) < 4.78 is 45.6. The van der Waals surface area contributed by atoms with Crippen molar-refractivity contribution >= 4 is 34.8 Å². The predicted octanol–water partition coefficient (Wildman–Crippen LogP) is 4.30. The molecule has 0 aliphatic rings. The largest absolute Gasteiger partial charge is 0.472 e. The second kappa shape index (κ2) is 10.1. The maximum atomic E-state index is 13.6. The second-order valence-electron chi connectivity index (χ2n) is 7.41. The van der Waals surface area contributed by atoms with Crippen molar-refractivity contribution in [3.63, 3.8) is 0 Å². The van der Waals surface area contributed by atoms with Crippen molar-refractivity contribution in [1.29, 1.82) is 0 Å². The summed E-state index contributed by atoms with van der Waals surface area (Å²) in [4.78, 5) is 37.8. The molecule has 3 amide bonds. The van der Waals surface area contributed by atoms with E-state index in [2.05, 4.69) is 16.0 Å². The van der Waals surface area contributed by atoms with Crippen molar-refractivity contribution in [2.75, 3.05) is 36.6 Å². The number of furan rings is 1. The molecule has 0 spiro atoms. The van der Waals surface area contributed by atoms with E-state index in [1.54, 1.807) is 32.3 Å². The molecule has 0 saturated carbocycles. The molecule has 0 aliphatic carbocycles. The molecule has 0 radical (unpaired) electrons. The number of alkyl halides is 3. The van der Waals surface area contributed by atoms with Crippen LogP contribution < -0.4 is 16.0 Å². The van der Waals surface area contributed by atoms with Crippen LogP contribution in [0.4, 0.5) is 30.2 Å². The highest BCUT2D eigenvalue weighted by Crippen LogP contribution is 2.36. The molecule has 3 rings (SSSR count). The number of benzene rings is 2. The van der Waals surface area contributed by atoms with Gasteiger partial charge in [-0.3, -0.25) is 14.4 Å². The van der Waals surface area contributed by atoms with Gasteiger partial charge in [0.2, 0.25) is 5.91 Å². The average Bonchev–Trinajstić information content (AvgIpc) is 3.32. The summed E-state index contributed by atoms with van der Waals surface area (Å²) in [5.41, 5.74) is -0.625. The first-order chi connectivity index (χ1) is 16.0. The first-order valence-corrected chi connectivity index (χ1v) is 9.95. The van der Waals surface area contributed by atoms with Crippen molar-refractivity contribution in [2.45, 2.75) is 6.18 Å². The van der Waals surface area contributed by atoms with Gasteiger partial charge in [0.1, 0.15) is 6.26 Å². The van der Waals surface area contributed by atoms with Gasteiger partial charge in [0, 0.05) is 36.7 Å². The zero-order valence-corrected chi connectivity index (χ0v) is 18.2. The number of halogens is 3. The van der Waals surface area contributed by atoms with E-state index < -0.39 is 30.1 Å². The van der Waals surface area contributed by atoms with Crippen LogP contribution in [0, 0.1) is 0 Å². The monoisotopic (exact) mass is 474 g/mol. The van der Waals surface area contributed by atoms with Gasteiger partial charge in [0.25, 0.3) is 11.8 Å². The lowest BCUT2D eigenvalue weighted by molar-refractivity contribution is -0.137. The molecule has 1 aromatic heterocycles. The summed E-state index contributed by atoms with van der Waals surface area (Å²) in [7, 11) is 3.17. The first kappa shape index (κ1) is 24.4. The van der Waals surface area contributed by atoms with Crippen LogP contribution in [0.1, 0.15) is 26.3 Å². The van der Waals surface area contributed by atoms with Crippen LogP contribution in [0.3, 0.4) is 0 Å². The van der Waals surface area contributed by atoms with Gasteiger partial charge < -0.3 is 25.3 Å². The fourth-order valence-electron chi connectivity index (χ4n) is 2.98. The molecule has 178 valence electrons. The molecule has 8 nitrogen and oxygen atoms in total. The molecule has 1 heterocycles. The summed E-state index contributed by atoms with van der Waals surface area (Å²) in [5, 5.41) is 7.37. The standard InChI is InChI=1S/C23H21F3N4O4/c1-30(2)22(33)14-4-3-5-16(10-14)28-20(31)12-27-19-7-6-17(11-18(19)23(24,25)26)29-21(32)15-8-9-34-13-15/h3-11,13,27H,12H2,1-2H3,(H,28,31)(H,29,32). The number of amides is 3.